The van der Waals surface area contributed by atoms with Gasteiger partial charge < -0.3 is 25.7 Å². The largest absolute Gasteiger partial charge is 0.401 e. The summed E-state index contributed by atoms with van der Waals surface area (Å²) in [7, 11) is 2.80. The minimum absolute atomic E-state index is 0.0154. The summed E-state index contributed by atoms with van der Waals surface area (Å²) in [5.74, 6) is 0.265. The highest BCUT2D eigenvalue weighted by atomic mass is 32.1. The van der Waals surface area contributed by atoms with Crippen LogP contribution in [0.15, 0.2) is 41.2 Å². The molecule has 0 saturated heterocycles. The molecule has 1 aromatic carbocycles. The number of thiazole rings is 1. The van der Waals surface area contributed by atoms with Crippen LogP contribution in [0.1, 0.15) is 69.0 Å². The molecule has 3 rings (SSSR count). The SMILES string of the molecule is C#CCC[C@H](O)[C@H](O)C(CC1CCCCC1)NC(=O)[C@H](Cc1cscn1)NC(=O)C(CC(=O)N(C)CCN(C)CC(F)(F)F)Cc1ccccc1. The van der Waals surface area contributed by atoms with E-state index in [1.54, 1.807) is 10.9 Å². The summed E-state index contributed by atoms with van der Waals surface area (Å²) in [6.45, 7) is -1.10. The van der Waals surface area contributed by atoms with Gasteiger partial charge in [0.1, 0.15) is 12.1 Å². The van der Waals surface area contributed by atoms with Crippen LogP contribution in [0, 0.1) is 24.2 Å². The number of halogens is 3. The standard InChI is InChI=1S/C37H52F3N5O5S/c1-4-5-16-32(46)34(48)30(20-27-14-10-7-11-15-27)42-36(50)31(22-29-23-51-25-41-29)43-35(49)28(19-26-12-8-6-9-13-26)21-33(47)45(3)18-17-44(2)24-37(38,39)40/h1,6,8-9,12-13,23,25,27-28,30-32,34,46,48H,5,7,10-11,14-22,24H2,2-3H3,(H,42,50)(H,43,49)/t28?,30?,31-,32-,34+/m0/s1. The fourth-order valence-electron chi connectivity index (χ4n) is 6.42. The van der Waals surface area contributed by atoms with Gasteiger partial charge in [-0.25, -0.2) is 4.98 Å². The van der Waals surface area contributed by atoms with E-state index in [1.165, 1.54) is 30.3 Å². The van der Waals surface area contributed by atoms with Crippen LogP contribution in [0.3, 0.4) is 0 Å². The van der Waals surface area contributed by atoms with E-state index in [-0.39, 0.29) is 51.1 Å². The first-order chi connectivity index (χ1) is 24.3. The van der Waals surface area contributed by atoms with Gasteiger partial charge in [-0.1, -0.05) is 62.4 Å². The van der Waals surface area contributed by atoms with Gasteiger partial charge in [0, 0.05) is 44.8 Å². The zero-order valence-corrected chi connectivity index (χ0v) is 30.3. The number of aliphatic hydroxyl groups is 2. The topological polar surface area (TPSA) is 135 Å². The maximum absolute atomic E-state index is 14.0. The van der Waals surface area contributed by atoms with Crippen molar-refractivity contribution in [2.75, 3.05) is 33.7 Å². The van der Waals surface area contributed by atoms with E-state index < -0.39 is 60.7 Å². The Kier molecular flexibility index (Phi) is 17.4. The Bertz CT molecular complexity index is 1390. The predicted octanol–water partition coefficient (Wildman–Crippen LogP) is 3.96. The summed E-state index contributed by atoms with van der Waals surface area (Å²) in [6.07, 6.45) is 4.53. The van der Waals surface area contributed by atoms with Crippen LogP contribution in [-0.2, 0) is 27.2 Å². The number of rotatable bonds is 20. The van der Waals surface area contributed by atoms with E-state index in [2.05, 4.69) is 21.5 Å². The Morgan fingerprint density at radius 3 is 2.37 bits per heavy atom. The highest BCUT2D eigenvalue weighted by Crippen LogP contribution is 2.29. The van der Waals surface area contributed by atoms with E-state index in [9.17, 15) is 37.8 Å². The predicted molar refractivity (Wildman–Crippen MR) is 190 cm³/mol. The van der Waals surface area contributed by atoms with Gasteiger partial charge in [0.05, 0.1) is 35.8 Å². The van der Waals surface area contributed by atoms with E-state index >= 15 is 0 Å². The number of hydrogen-bond donors (Lipinski definition) is 4. The van der Waals surface area contributed by atoms with E-state index in [4.69, 9.17) is 6.42 Å². The molecule has 0 radical (unpaired) electrons. The molecule has 0 spiro atoms. The number of benzene rings is 1. The van der Waals surface area contributed by atoms with Crippen LogP contribution in [0.25, 0.3) is 0 Å². The average molecular weight is 736 g/mol. The molecule has 3 amide bonds. The Morgan fingerprint density at radius 1 is 1.04 bits per heavy atom. The summed E-state index contributed by atoms with van der Waals surface area (Å²) < 4.78 is 38.4. The lowest BCUT2D eigenvalue weighted by molar-refractivity contribution is -0.144. The lowest BCUT2D eigenvalue weighted by Gasteiger charge is -2.33. The molecule has 51 heavy (non-hydrogen) atoms. The number of likely N-dealkylation sites (N-methyl/N-ethyl adjacent to an activating group) is 2. The lowest BCUT2D eigenvalue weighted by atomic mass is 9.82. The number of aliphatic hydroxyl groups excluding tert-OH is 2. The molecule has 1 aliphatic carbocycles. The number of nitrogens with zero attached hydrogens (tertiary/aromatic N) is 3. The van der Waals surface area contributed by atoms with Crippen LogP contribution in [0.2, 0.25) is 0 Å². The smallest absolute Gasteiger partial charge is 0.390 e. The van der Waals surface area contributed by atoms with Crippen molar-refractivity contribution in [3.05, 3.63) is 52.5 Å². The van der Waals surface area contributed by atoms with Gasteiger partial charge >= 0.3 is 6.18 Å². The third kappa shape index (κ3) is 15.3. The second-order valence-corrected chi connectivity index (χ2v) is 14.4. The van der Waals surface area contributed by atoms with Crippen molar-refractivity contribution >= 4 is 29.1 Å². The molecule has 1 aliphatic rings. The molecule has 0 aliphatic heterocycles. The van der Waals surface area contributed by atoms with Gasteiger partial charge in [-0.3, -0.25) is 19.3 Å². The summed E-state index contributed by atoms with van der Waals surface area (Å²) in [5, 5.41) is 29.5. The molecule has 1 heterocycles. The van der Waals surface area contributed by atoms with E-state index in [0.717, 1.165) is 42.6 Å². The zero-order chi connectivity index (χ0) is 37.4. The molecule has 14 heteroatoms. The first-order valence-electron chi connectivity index (χ1n) is 17.6. The van der Waals surface area contributed by atoms with E-state index in [0.29, 0.717) is 12.1 Å². The van der Waals surface area contributed by atoms with Crippen LogP contribution >= 0.6 is 11.3 Å². The molecule has 282 valence electrons. The summed E-state index contributed by atoms with van der Waals surface area (Å²) in [4.78, 5) is 48.0. The number of amides is 3. The fraction of sp³-hybridized carbons (Fsp3) is 0.622. The number of aromatic nitrogens is 1. The van der Waals surface area contributed by atoms with Gasteiger partial charge in [0.2, 0.25) is 17.7 Å². The second kappa shape index (κ2) is 21.1. The maximum atomic E-state index is 14.0. The summed E-state index contributed by atoms with van der Waals surface area (Å²) in [5.41, 5.74) is 2.97. The summed E-state index contributed by atoms with van der Waals surface area (Å²) >= 11 is 1.33. The first-order valence-corrected chi connectivity index (χ1v) is 18.5. The van der Waals surface area contributed by atoms with Crippen molar-refractivity contribution < 1.29 is 37.8 Å². The van der Waals surface area contributed by atoms with Crippen molar-refractivity contribution in [3.63, 3.8) is 0 Å². The van der Waals surface area contributed by atoms with Crippen molar-refractivity contribution in [3.8, 4) is 12.3 Å². The number of alkyl halides is 3. The van der Waals surface area contributed by atoms with Gasteiger partial charge in [0.25, 0.3) is 0 Å². The van der Waals surface area contributed by atoms with Crippen molar-refractivity contribution in [2.24, 2.45) is 11.8 Å². The number of nitrogens with one attached hydrogen (secondary N) is 2. The normalized spacial score (nSPS) is 16.8. The van der Waals surface area contributed by atoms with Crippen molar-refractivity contribution in [2.45, 2.75) is 101 Å². The molecule has 4 N–H and O–H groups in total. The number of hydrogen-bond acceptors (Lipinski definition) is 8. The van der Waals surface area contributed by atoms with Crippen LogP contribution in [-0.4, -0.2) is 107 Å². The third-order valence-electron chi connectivity index (χ3n) is 9.37. The molecule has 1 fully saturated rings. The molecule has 2 aromatic rings. The highest BCUT2D eigenvalue weighted by Gasteiger charge is 2.35. The highest BCUT2D eigenvalue weighted by molar-refractivity contribution is 7.07. The quantitative estimate of drug-likeness (QED) is 0.151. The number of carbonyl (C=O) groups excluding carboxylic acids is 3. The maximum Gasteiger partial charge on any atom is 0.401 e. The van der Waals surface area contributed by atoms with Crippen molar-refractivity contribution in [1.29, 1.82) is 0 Å². The van der Waals surface area contributed by atoms with Gasteiger partial charge in [0.15, 0.2) is 0 Å². The monoisotopic (exact) mass is 735 g/mol. The first kappa shape index (κ1) is 41.9. The molecule has 2 unspecified atom stereocenters. The zero-order valence-electron chi connectivity index (χ0n) is 29.5. The molecule has 5 atom stereocenters. The van der Waals surface area contributed by atoms with Gasteiger partial charge in [-0.05, 0) is 37.8 Å². The van der Waals surface area contributed by atoms with Crippen molar-refractivity contribution in [1.82, 2.24) is 25.4 Å². The van der Waals surface area contributed by atoms with Crippen LogP contribution < -0.4 is 10.6 Å². The molecule has 1 saturated carbocycles. The van der Waals surface area contributed by atoms with Crippen LogP contribution in [0.4, 0.5) is 13.2 Å². The average Bonchev–Trinajstić information content (AvgIpc) is 3.61. The molecule has 0 bridgehead atoms. The van der Waals surface area contributed by atoms with E-state index in [1.807, 2.05) is 30.3 Å². The third-order valence-corrected chi connectivity index (χ3v) is 10.0. The van der Waals surface area contributed by atoms with Gasteiger partial charge in [-0.15, -0.1) is 23.7 Å². The Morgan fingerprint density at radius 2 is 1.75 bits per heavy atom. The molecular formula is C37H52F3N5O5S. The second-order valence-electron chi connectivity index (χ2n) is 13.7. The number of carbonyl (C=O) groups is 3. The molecule has 10 nitrogen and oxygen atoms in total. The Balaban J connectivity index is 1.80. The summed E-state index contributed by atoms with van der Waals surface area (Å²) in [6, 6.07) is 7.17. The molecular weight excluding hydrogens is 683 g/mol. The molecule has 1 aromatic heterocycles. The minimum Gasteiger partial charge on any atom is -0.390 e. The Labute approximate surface area is 303 Å². The number of terminal acetylenes is 1. The van der Waals surface area contributed by atoms with Gasteiger partial charge in [-0.2, -0.15) is 13.2 Å². The van der Waals surface area contributed by atoms with Crippen LogP contribution in [0.5, 0.6) is 0 Å². The minimum atomic E-state index is -4.37. The lowest BCUT2D eigenvalue weighted by Crippen LogP contribution is -2.56. The fourth-order valence-corrected chi connectivity index (χ4v) is 6.99. The Hall–Kier alpha value is -3.51.